The Kier molecular flexibility index (Phi) is 4.68. The zero-order valence-corrected chi connectivity index (χ0v) is 11.4. The fraction of sp³-hybridized carbons (Fsp3) is 0.400. The Morgan fingerprint density at radius 1 is 1.32 bits per heavy atom. The Morgan fingerprint density at radius 3 is 2.74 bits per heavy atom. The van der Waals surface area contributed by atoms with E-state index in [1.54, 1.807) is 10.7 Å². The van der Waals surface area contributed by atoms with Crippen molar-refractivity contribution < 1.29 is 4.39 Å². The van der Waals surface area contributed by atoms with Crippen LogP contribution >= 0.6 is 0 Å². The zero-order chi connectivity index (χ0) is 13.7. The first-order valence-corrected chi connectivity index (χ1v) is 6.54. The number of rotatable bonds is 6. The molecule has 1 aromatic carbocycles. The van der Waals surface area contributed by atoms with Crippen molar-refractivity contribution in [3.63, 3.8) is 0 Å². The molecule has 1 N–H and O–H groups in total. The van der Waals surface area contributed by atoms with Crippen LogP contribution < -0.4 is 5.32 Å². The second-order valence-corrected chi connectivity index (χ2v) is 4.95. The van der Waals surface area contributed by atoms with Crippen molar-refractivity contribution in [3.8, 4) is 0 Å². The predicted octanol–water partition coefficient (Wildman–Crippen LogP) is 2.18. The second-order valence-electron chi connectivity index (χ2n) is 4.95. The van der Waals surface area contributed by atoms with E-state index in [1.165, 1.54) is 11.6 Å². The number of halogens is 1. The molecule has 0 saturated carbocycles. The van der Waals surface area contributed by atoms with Gasteiger partial charge in [0.2, 0.25) is 0 Å². The van der Waals surface area contributed by atoms with Gasteiger partial charge in [0.15, 0.2) is 0 Å². The van der Waals surface area contributed by atoms with Gasteiger partial charge in [0.05, 0.1) is 6.20 Å². The number of hydrogen-bond acceptors (Lipinski definition) is 2. The van der Waals surface area contributed by atoms with Crippen molar-refractivity contribution in [2.24, 2.45) is 13.0 Å². The lowest BCUT2D eigenvalue weighted by atomic mass is 9.93. The third-order valence-corrected chi connectivity index (χ3v) is 3.24. The molecule has 0 spiro atoms. The maximum absolute atomic E-state index is 13.7. The van der Waals surface area contributed by atoms with Gasteiger partial charge in [-0.25, -0.2) is 4.39 Å². The van der Waals surface area contributed by atoms with Crippen molar-refractivity contribution in [2.75, 3.05) is 13.6 Å². The quantitative estimate of drug-likeness (QED) is 0.863. The van der Waals surface area contributed by atoms with Gasteiger partial charge in [0.1, 0.15) is 5.82 Å². The van der Waals surface area contributed by atoms with Crippen molar-refractivity contribution in [3.05, 3.63) is 53.6 Å². The van der Waals surface area contributed by atoms with Crippen LogP contribution in [0.25, 0.3) is 0 Å². The van der Waals surface area contributed by atoms with E-state index < -0.39 is 0 Å². The van der Waals surface area contributed by atoms with Gasteiger partial charge in [0, 0.05) is 13.2 Å². The summed E-state index contributed by atoms with van der Waals surface area (Å²) in [6, 6.07) is 7.00. The summed E-state index contributed by atoms with van der Waals surface area (Å²) in [5.74, 6) is 0.251. The molecule has 1 aromatic heterocycles. The summed E-state index contributed by atoms with van der Waals surface area (Å²) in [4.78, 5) is 0. The fourth-order valence-electron chi connectivity index (χ4n) is 2.39. The van der Waals surface area contributed by atoms with E-state index in [0.29, 0.717) is 5.92 Å². The maximum Gasteiger partial charge on any atom is 0.126 e. The minimum atomic E-state index is -0.116. The molecule has 1 atom stereocenters. The maximum atomic E-state index is 13.7. The van der Waals surface area contributed by atoms with Gasteiger partial charge >= 0.3 is 0 Å². The first kappa shape index (κ1) is 13.7. The van der Waals surface area contributed by atoms with Crippen LogP contribution in [0.4, 0.5) is 4.39 Å². The van der Waals surface area contributed by atoms with Gasteiger partial charge < -0.3 is 5.32 Å². The largest absolute Gasteiger partial charge is 0.319 e. The molecule has 0 amide bonds. The molecule has 0 aliphatic rings. The van der Waals surface area contributed by atoms with Crippen LogP contribution in [0.3, 0.4) is 0 Å². The van der Waals surface area contributed by atoms with Crippen LogP contribution in [0.2, 0.25) is 0 Å². The number of nitrogens with zero attached hydrogens (tertiary/aromatic N) is 2. The van der Waals surface area contributed by atoms with Gasteiger partial charge in [0.25, 0.3) is 0 Å². The number of hydrogen-bond donors (Lipinski definition) is 1. The minimum Gasteiger partial charge on any atom is -0.319 e. The van der Waals surface area contributed by atoms with Gasteiger partial charge in [-0.3, -0.25) is 4.68 Å². The number of aromatic nitrogens is 2. The average Bonchev–Trinajstić information content (AvgIpc) is 2.78. The molecule has 0 aliphatic heterocycles. The summed E-state index contributed by atoms with van der Waals surface area (Å²) in [7, 11) is 3.84. The number of aryl methyl sites for hydroxylation is 1. The first-order chi connectivity index (χ1) is 9.19. The third kappa shape index (κ3) is 3.89. The molecule has 2 rings (SSSR count). The Hall–Kier alpha value is -1.68. The fourth-order valence-corrected chi connectivity index (χ4v) is 2.39. The summed E-state index contributed by atoms with van der Waals surface area (Å²) in [6.07, 6.45) is 5.54. The van der Waals surface area contributed by atoms with Crippen LogP contribution in [0, 0.1) is 11.7 Å². The van der Waals surface area contributed by atoms with Crippen LogP contribution in [0.15, 0.2) is 36.7 Å². The molecule has 0 aliphatic carbocycles. The molecule has 0 bridgehead atoms. The van der Waals surface area contributed by atoms with Crippen LogP contribution in [-0.4, -0.2) is 23.4 Å². The monoisotopic (exact) mass is 261 g/mol. The van der Waals surface area contributed by atoms with Crippen LogP contribution in [0.5, 0.6) is 0 Å². The van der Waals surface area contributed by atoms with Gasteiger partial charge in [-0.1, -0.05) is 18.2 Å². The topological polar surface area (TPSA) is 29.9 Å². The molecule has 3 nitrogen and oxygen atoms in total. The standard InChI is InChI=1S/C15H20FN3/c1-17-9-12(7-13-10-18-19(2)11-13)8-14-5-3-4-6-15(14)16/h3-6,10-12,17H,7-9H2,1-2H3. The molecule has 0 radical (unpaired) electrons. The third-order valence-electron chi connectivity index (χ3n) is 3.24. The molecule has 102 valence electrons. The van der Waals surface area contributed by atoms with Gasteiger partial charge in [-0.05, 0) is 49.5 Å². The molecule has 4 heteroatoms. The summed E-state index contributed by atoms with van der Waals surface area (Å²) in [6.45, 7) is 0.864. The van der Waals surface area contributed by atoms with E-state index in [4.69, 9.17) is 0 Å². The van der Waals surface area contributed by atoms with Crippen LogP contribution in [0.1, 0.15) is 11.1 Å². The molecular weight excluding hydrogens is 241 g/mol. The van der Waals surface area contributed by atoms with Gasteiger partial charge in [-0.15, -0.1) is 0 Å². The molecular formula is C15H20FN3. The van der Waals surface area contributed by atoms with Crippen molar-refractivity contribution in [1.29, 1.82) is 0 Å². The highest BCUT2D eigenvalue weighted by molar-refractivity contribution is 5.18. The molecule has 19 heavy (non-hydrogen) atoms. The van der Waals surface area contributed by atoms with E-state index in [2.05, 4.69) is 10.4 Å². The van der Waals surface area contributed by atoms with E-state index in [0.717, 1.165) is 24.9 Å². The highest BCUT2D eigenvalue weighted by Crippen LogP contribution is 2.16. The Balaban J connectivity index is 2.06. The van der Waals surface area contributed by atoms with E-state index in [-0.39, 0.29) is 5.82 Å². The van der Waals surface area contributed by atoms with E-state index in [9.17, 15) is 4.39 Å². The first-order valence-electron chi connectivity index (χ1n) is 6.54. The van der Waals surface area contributed by atoms with Crippen molar-refractivity contribution in [2.45, 2.75) is 12.8 Å². The lowest BCUT2D eigenvalue weighted by Gasteiger charge is -2.16. The molecule has 0 fully saturated rings. The molecule has 1 heterocycles. The van der Waals surface area contributed by atoms with Crippen molar-refractivity contribution in [1.82, 2.24) is 15.1 Å². The zero-order valence-electron chi connectivity index (χ0n) is 11.4. The Labute approximate surface area is 113 Å². The van der Waals surface area contributed by atoms with Gasteiger partial charge in [-0.2, -0.15) is 5.10 Å². The molecule has 1 unspecified atom stereocenters. The minimum absolute atomic E-state index is 0.116. The van der Waals surface area contributed by atoms with Crippen molar-refractivity contribution >= 4 is 0 Å². The molecule has 0 saturated heterocycles. The summed E-state index contributed by atoms with van der Waals surface area (Å²) >= 11 is 0. The highest BCUT2D eigenvalue weighted by atomic mass is 19.1. The summed E-state index contributed by atoms with van der Waals surface area (Å²) in [5, 5.41) is 7.36. The normalized spacial score (nSPS) is 12.6. The second kappa shape index (κ2) is 6.48. The predicted molar refractivity (Wildman–Crippen MR) is 74.4 cm³/mol. The Morgan fingerprint density at radius 2 is 2.11 bits per heavy atom. The average molecular weight is 261 g/mol. The Bertz CT molecular complexity index is 522. The van der Waals surface area contributed by atoms with E-state index in [1.807, 2.05) is 38.6 Å². The lowest BCUT2D eigenvalue weighted by Crippen LogP contribution is -2.23. The summed E-state index contributed by atoms with van der Waals surface area (Å²) in [5.41, 5.74) is 1.98. The lowest BCUT2D eigenvalue weighted by molar-refractivity contribution is 0.479. The highest BCUT2D eigenvalue weighted by Gasteiger charge is 2.13. The summed E-state index contributed by atoms with van der Waals surface area (Å²) < 4.78 is 15.5. The smallest absolute Gasteiger partial charge is 0.126 e. The number of nitrogens with one attached hydrogen (secondary N) is 1. The van der Waals surface area contributed by atoms with E-state index >= 15 is 0 Å². The number of benzene rings is 1. The SMILES string of the molecule is CNCC(Cc1cnn(C)c1)Cc1ccccc1F. The van der Waals surface area contributed by atoms with Crippen LogP contribution in [-0.2, 0) is 19.9 Å². The molecule has 2 aromatic rings.